The van der Waals surface area contributed by atoms with E-state index in [2.05, 4.69) is 0 Å². The Labute approximate surface area is 140 Å². The number of fused-ring (bicyclic) bond motifs is 1. The summed E-state index contributed by atoms with van der Waals surface area (Å²) in [5, 5.41) is 1.02. The summed E-state index contributed by atoms with van der Waals surface area (Å²) in [5.41, 5.74) is -0.580. The molecular formula is C18H21NO5. The van der Waals surface area contributed by atoms with Crippen molar-refractivity contribution in [3.63, 3.8) is 0 Å². The van der Waals surface area contributed by atoms with E-state index in [9.17, 15) is 14.4 Å². The second-order valence-electron chi connectivity index (χ2n) is 6.07. The Bertz CT molecular complexity index is 808. The summed E-state index contributed by atoms with van der Waals surface area (Å²) in [7, 11) is 2.78. The first-order valence-electron chi connectivity index (χ1n) is 7.73. The Morgan fingerprint density at radius 1 is 1.25 bits per heavy atom. The fraction of sp³-hybridized carbons (Fsp3) is 0.389. The quantitative estimate of drug-likeness (QED) is 0.787. The van der Waals surface area contributed by atoms with Crippen molar-refractivity contribution in [1.82, 2.24) is 4.90 Å². The molecule has 128 valence electrons. The van der Waals surface area contributed by atoms with Gasteiger partial charge in [0.2, 0.25) is 0 Å². The van der Waals surface area contributed by atoms with Gasteiger partial charge in [0.05, 0.1) is 12.5 Å². The minimum atomic E-state index is -0.737. The van der Waals surface area contributed by atoms with Gasteiger partial charge in [-0.3, -0.25) is 4.79 Å². The highest BCUT2D eigenvalue weighted by Crippen LogP contribution is 2.17. The van der Waals surface area contributed by atoms with E-state index in [0.717, 1.165) is 0 Å². The first kappa shape index (κ1) is 17.7. The molecule has 2 aromatic rings. The SMILES string of the molecule is COC(=O)C(CC(C)C)N(C)C(=O)c1cc2ccccc2c(=O)o1. The molecule has 0 saturated heterocycles. The van der Waals surface area contributed by atoms with Gasteiger partial charge < -0.3 is 14.1 Å². The number of likely N-dealkylation sites (N-methyl/N-ethyl adjacent to an activating group) is 1. The molecule has 0 radical (unpaired) electrons. The summed E-state index contributed by atoms with van der Waals surface area (Å²) < 4.78 is 9.93. The first-order valence-corrected chi connectivity index (χ1v) is 7.73. The largest absolute Gasteiger partial charge is 0.467 e. The number of hydrogen-bond donors (Lipinski definition) is 0. The Hall–Kier alpha value is -2.63. The summed E-state index contributed by atoms with van der Waals surface area (Å²) in [5.74, 6) is -0.941. The smallest absolute Gasteiger partial charge is 0.344 e. The zero-order chi connectivity index (χ0) is 17.9. The molecule has 0 aliphatic carbocycles. The molecule has 0 saturated carbocycles. The summed E-state index contributed by atoms with van der Waals surface area (Å²) in [4.78, 5) is 38.0. The van der Waals surface area contributed by atoms with E-state index in [1.54, 1.807) is 24.3 Å². The molecule has 1 amide bonds. The number of esters is 1. The van der Waals surface area contributed by atoms with Crippen LogP contribution >= 0.6 is 0 Å². The molecule has 1 atom stereocenters. The van der Waals surface area contributed by atoms with Gasteiger partial charge in [0.1, 0.15) is 6.04 Å². The van der Waals surface area contributed by atoms with E-state index >= 15 is 0 Å². The van der Waals surface area contributed by atoms with Crippen LogP contribution in [0.2, 0.25) is 0 Å². The van der Waals surface area contributed by atoms with Gasteiger partial charge in [-0.25, -0.2) is 9.59 Å². The Morgan fingerprint density at radius 2 is 1.92 bits per heavy atom. The summed E-state index contributed by atoms with van der Waals surface area (Å²) in [6.45, 7) is 3.90. The molecule has 0 fully saturated rings. The van der Waals surface area contributed by atoms with Gasteiger partial charge in [-0.2, -0.15) is 0 Å². The third-order valence-electron chi connectivity index (χ3n) is 3.84. The second-order valence-corrected chi connectivity index (χ2v) is 6.07. The van der Waals surface area contributed by atoms with Gasteiger partial charge >= 0.3 is 11.6 Å². The predicted molar refractivity (Wildman–Crippen MR) is 89.8 cm³/mol. The van der Waals surface area contributed by atoms with Gasteiger partial charge in [0, 0.05) is 7.05 Å². The molecule has 2 rings (SSSR count). The van der Waals surface area contributed by atoms with E-state index in [0.29, 0.717) is 17.2 Å². The fourth-order valence-corrected chi connectivity index (χ4v) is 2.55. The molecular weight excluding hydrogens is 310 g/mol. The monoisotopic (exact) mass is 331 g/mol. The topological polar surface area (TPSA) is 76.8 Å². The zero-order valence-electron chi connectivity index (χ0n) is 14.2. The van der Waals surface area contributed by atoms with Crippen LogP contribution in [-0.2, 0) is 9.53 Å². The minimum absolute atomic E-state index is 0.0983. The standard InChI is InChI=1S/C18H21NO5/c1-11(2)9-14(18(22)23-4)19(3)16(20)15-10-12-7-5-6-8-13(12)17(21)24-15/h5-8,10-11,14H,9H2,1-4H3. The van der Waals surface area contributed by atoms with Crippen LogP contribution in [0.5, 0.6) is 0 Å². The third kappa shape index (κ3) is 3.64. The van der Waals surface area contributed by atoms with Crippen molar-refractivity contribution in [1.29, 1.82) is 0 Å². The van der Waals surface area contributed by atoms with Crippen molar-refractivity contribution in [2.45, 2.75) is 26.3 Å². The van der Waals surface area contributed by atoms with Gasteiger partial charge in [-0.1, -0.05) is 32.0 Å². The number of carbonyl (C=O) groups is 2. The molecule has 1 unspecified atom stereocenters. The maximum Gasteiger partial charge on any atom is 0.344 e. The van der Waals surface area contributed by atoms with Crippen molar-refractivity contribution in [3.8, 4) is 0 Å². The van der Waals surface area contributed by atoms with Gasteiger partial charge in [0.15, 0.2) is 5.76 Å². The average Bonchev–Trinajstić information content (AvgIpc) is 2.57. The Morgan fingerprint density at radius 3 is 2.54 bits per heavy atom. The predicted octanol–water partition coefficient (Wildman–Crippen LogP) is 2.45. The molecule has 1 heterocycles. The highest BCUT2D eigenvalue weighted by Gasteiger charge is 2.30. The van der Waals surface area contributed by atoms with E-state index in [1.165, 1.54) is 25.1 Å². The number of nitrogens with zero attached hydrogens (tertiary/aromatic N) is 1. The molecule has 6 nitrogen and oxygen atoms in total. The third-order valence-corrected chi connectivity index (χ3v) is 3.84. The molecule has 0 aliphatic rings. The molecule has 0 spiro atoms. The van der Waals surface area contributed by atoms with E-state index in [-0.39, 0.29) is 11.7 Å². The lowest BCUT2D eigenvalue weighted by Crippen LogP contribution is -2.44. The van der Waals surface area contributed by atoms with Crippen LogP contribution in [-0.4, -0.2) is 37.0 Å². The van der Waals surface area contributed by atoms with Gasteiger partial charge in [-0.05, 0) is 29.9 Å². The van der Waals surface area contributed by atoms with Crippen molar-refractivity contribution >= 4 is 22.6 Å². The fourth-order valence-electron chi connectivity index (χ4n) is 2.55. The van der Waals surface area contributed by atoms with Crippen LogP contribution in [0.15, 0.2) is 39.5 Å². The lowest BCUT2D eigenvalue weighted by atomic mass is 10.0. The number of hydrogen-bond acceptors (Lipinski definition) is 5. The summed E-state index contributed by atoms with van der Waals surface area (Å²) in [6.07, 6.45) is 0.451. The van der Waals surface area contributed by atoms with E-state index in [4.69, 9.17) is 9.15 Å². The molecule has 1 aromatic heterocycles. The van der Waals surface area contributed by atoms with Gasteiger partial charge in [-0.15, -0.1) is 0 Å². The van der Waals surface area contributed by atoms with Crippen molar-refractivity contribution < 1.29 is 18.7 Å². The number of carbonyl (C=O) groups excluding carboxylic acids is 2. The number of amides is 1. The molecule has 0 N–H and O–H groups in total. The van der Waals surface area contributed by atoms with Crippen molar-refractivity contribution in [2.24, 2.45) is 5.92 Å². The van der Waals surface area contributed by atoms with Crippen LogP contribution in [0, 0.1) is 5.92 Å². The second kappa shape index (κ2) is 7.29. The number of benzene rings is 1. The van der Waals surface area contributed by atoms with Crippen LogP contribution in [0.1, 0.15) is 30.8 Å². The first-order chi connectivity index (χ1) is 11.3. The number of methoxy groups -OCH3 is 1. The lowest BCUT2D eigenvalue weighted by Gasteiger charge is -2.26. The molecule has 0 aliphatic heterocycles. The van der Waals surface area contributed by atoms with Crippen LogP contribution in [0.25, 0.3) is 10.8 Å². The Balaban J connectivity index is 2.38. The highest BCUT2D eigenvalue weighted by atomic mass is 16.5. The molecule has 1 aromatic carbocycles. The Kier molecular flexibility index (Phi) is 5.39. The maximum atomic E-state index is 12.7. The van der Waals surface area contributed by atoms with E-state index < -0.39 is 23.5 Å². The van der Waals surface area contributed by atoms with Crippen LogP contribution < -0.4 is 5.63 Å². The van der Waals surface area contributed by atoms with E-state index in [1.807, 2.05) is 13.8 Å². The van der Waals surface area contributed by atoms with Crippen molar-refractivity contribution in [3.05, 3.63) is 46.5 Å². The lowest BCUT2D eigenvalue weighted by molar-refractivity contribution is -0.146. The normalized spacial score (nSPS) is 12.2. The molecule has 6 heteroatoms. The highest BCUT2D eigenvalue weighted by molar-refractivity contribution is 5.97. The number of ether oxygens (including phenoxy) is 1. The molecule has 0 bridgehead atoms. The van der Waals surface area contributed by atoms with Crippen LogP contribution in [0.4, 0.5) is 0 Å². The zero-order valence-corrected chi connectivity index (χ0v) is 14.2. The summed E-state index contributed by atoms with van der Waals surface area (Å²) >= 11 is 0. The minimum Gasteiger partial charge on any atom is -0.467 e. The summed E-state index contributed by atoms with van der Waals surface area (Å²) in [6, 6.07) is 7.64. The number of rotatable bonds is 5. The molecule has 24 heavy (non-hydrogen) atoms. The van der Waals surface area contributed by atoms with Gasteiger partial charge in [0.25, 0.3) is 5.91 Å². The average molecular weight is 331 g/mol. The maximum absolute atomic E-state index is 12.7. The van der Waals surface area contributed by atoms with Crippen LogP contribution in [0.3, 0.4) is 0 Å². The van der Waals surface area contributed by atoms with Crippen molar-refractivity contribution in [2.75, 3.05) is 14.2 Å².